The first kappa shape index (κ1) is 34.9. The second kappa shape index (κ2) is 23.1. The van der Waals surface area contributed by atoms with Gasteiger partial charge in [-0.3, -0.25) is 0 Å². The van der Waals surface area contributed by atoms with Gasteiger partial charge in [-0.15, -0.1) is 0 Å². The second-order valence-corrected chi connectivity index (χ2v) is 13.2. The number of rotatable bonds is 27. The standard InChI is InChI=1S/C33H72N2/c1-8-11-13-15-17-19-21-23-25-27-30-34(4,5)32-33(29-10-3)35(6,7)31-28-26-24-22-20-18-16-14-12-9-2/h33H,8-32H2,1-7H3/q+2. The molecule has 0 aliphatic heterocycles. The van der Waals surface area contributed by atoms with Crippen molar-refractivity contribution in [3.05, 3.63) is 0 Å². The molecule has 0 radical (unpaired) electrons. The Labute approximate surface area is 224 Å². The van der Waals surface area contributed by atoms with E-state index in [0.29, 0.717) is 0 Å². The van der Waals surface area contributed by atoms with Crippen LogP contribution in [0.1, 0.15) is 162 Å². The smallest absolute Gasteiger partial charge is 0.138 e. The maximum absolute atomic E-state index is 2.52. The fraction of sp³-hybridized carbons (Fsp3) is 1.00. The van der Waals surface area contributed by atoms with Crippen LogP contribution in [0.5, 0.6) is 0 Å². The highest BCUT2D eigenvalue weighted by molar-refractivity contribution is 4.59. The molecule has 0 aromatic rings. The zero-order chi connectivity index (χ0) is 26.3. The predicted octanol–water partition coefficient (Wildman–Crippen LogP) is 10.1. The molecule has 0 aliphatic carbocycles. The van der Waals surface area contributed by atoms with Crippen LogP contribution in [-0.2, 0) is 0 Å². The number of nitrogens with zero attached hydrogens (tertiary/aromatic N) is 2. The van der Waals surface area contributed by atoms with Crippen LogP contribution in [0, 0.1) is 0 Å². The van der Waals surface area contributed by atoms with Gasteiger partial charge in [-0.2, -0.15) is 0 Å². The molecule has 0 spiro atoms. The minimum atomic E-state index is 0.802. The molecule has 0 fully saturated rings. The Morgan fingerprint density at radius 3 is 1.11 bits per heavy atom. The molecular weight excluding hydrogens is 424 g/mol. The Kier molecular flexibility index (Phi) is 23.0. The highest BCUT2D eigenvalue weighted by Gasteiger charge is 2.33. The third-order valence-electron chi connectivity index (χ3n) is 8.52. The van der Waals surface area contributed by atoms with Crippen molar-refractivity contribution in [2.45, 2.75) is 168 Å². The van der Waals surface area contributed by atoms with Crippen molar-refractivity contribution < 1.29 is 8.97 Å². The molecular formula is C33H72N2+2. The molecule has 212 valence electrons. The zero-order valence-corrected chi connectivity index (χ0v) is 26.1. The van der Waals surface area contributed by atoms with E-state index < -0.39 is 0 Å². The number of unbranched alkanes of at least 4 members (excludes halogenated alkanes) is 18. The van der Waals surface area contributed by atoms with Crippen LogP contribution in [0.3, 0.4) is 0 Å². The van der Waals surface area contributed by atoms with E-state index in [-0.39, 0.29) is 0 Å². The van der Waals surface area contributed by atoms with E-state index in [1.807, 2.05) is 0 Å². The minimum Gasteiger partial charge on any atom is -0.324 e. The number of hydrogen-bond acceptors (Lipinski definition) is 0. The normalized spacial score (nSPS) is 13.5. The van der Waals surface area contributed by atoms with Crippen molar-refractivity contribution in [3.8, 4) is 0 Å². The summed E-state index contributed by atoms with van der Waals surface area (Å²) in [6.07, 6.45) is 31.5. The summed E-state index contributed by atoms with van der Waals surface area (Å²) >= 11 is 0. The molecule has 0 aromatic heterocycles. The van der Waals surface area contributed by atoms with E-state index in [9.17, 15) is 0 Å². The maximum atomic E-state index is 2.52. The van der Waals surface area contributed by atoms with Gasteiger partial charge in [0.15, 0.2) is 0 Å². The van der Waals surface area contributed by atoms with Crippen molar-refractivity contribution in [2.24, 2.45) is 0 Å². The van der Waals surface area contributed by atoms with Crippen LogP contribution in [0.25, 0.3) is 0 Å². The molecule has 1 atom stereocenters. The molecule has 0 bridgehead atoms. The van der Waals surface area contributed by atoms with Crippen LogP contribution < -0.4 is 0 Å². The first-order chi connectivity index (χ1) is 16.8. The average molecular weight is 497 g/mol. The molecule has 0 aromatic carbocycles. The van der Waals surface area contributed by atoms with Gasteiger partial charge in [0.2, 0.25) is 0 Å². The summed E-state index contributed by atoms with van der Waals surface area (Å²) < 4.78 is 2.44. The van der Waals surface area contributed by atoms with Crippen LogP contribution in [0.15, 0.2) is 0 Å². The van der Waals surface area contributed by atoms with E-state index in [4.69, 9.17) is 0 Å². The summed E-state index contributed by atoms with van der Waals surface area (Å²) in [5.41, 5.74) is 0. The van der Waals surface area contributed by atoms with Gasteiger partial charge in [0.1, 0.15) is 12.6 Å². The summed E-state index contributed by atoms with van der Waals surface area (Å²) in [6.45, 7) is 11.1. The lowest BCUT2D eigenvalue weighted by molar-refractivity contribution is -0.965. The molecule has 0 aliphatic rings. The summed E-state index contributed by atoms with van der Waals surface area (Å²) in [7, 11) is 10.0. The van der Waals surface area contributed by atoms with Gasteiger partial charge in [-0.25, -0.2) is 0 Å². The number of quaternary nitrogens is 2. The topological polar surface area (TPSA) is 0 Å². The van der Waals surface area contributed by atoms with Crippen molar-refractivity contribution in [2.75, 3.05) is 47.8 Å². The molecule has 0 amide bonds. The monoisotopic (exact) mass is 497 g/mol. The molecule has 2 nitrogen and oxygen atoms in total. The lowest BCUT2D eigenvalue weighted by Crippen LogP contribution is -2.58. The van der Waals surface area contributed by atoms with Crippen LogP contribution in [0.2, 0.25) is 0 Å². The van der Waals surface area contributed by atoms with E-state index in [2.05, 4.69) is 49.0 Å². The van der Waals surface area contributed by atoms with Crippen LogP contribution in [0.4, 0.5) is 0 Å². The van der Waals surface area contributed by atoms with Crippen LogP contribution >= 0.6 is 0 Å². The van der Waals surface area contributed by atoms with E-state index >= 15 is 0 Å². The lowest BCUT2D eigenvalue weighted by atomic mass is 10.0. The molecule has 0 saturated heterocycles. The van der Waals surface area contributed by atoms with E-state index in [0.717, 1.165) is 6.04 Å². The van der Waals surface area contributed by atoms with Crippen LogP contribution in [-0.4, -0.2) is 62.8 Å². The van der Waals surface area contributed by atoms with E-state index in [1.54, 1.807) is 0 Å². The first-order valence-electron chi connectivity index (χ1n) is 16.4. The molecule has 1 unspecified atom stereocenters. The largest absolute Gasteiger partial charge is 0.324 e. The van der Waals surface area contributed by atoms with Gasteiger partial charge in [-0.1, -0.05) is 130 Å². The summed E-state index contributed by atoms with van der Waals surface area (Å²) in [5.74, 6) is 0. The molecule has 2 heteroatoms. The van der Waals surface area contributed by atoms with Gasteiger partial charge in [0.05, 0.1) is 41.3 Å². The summed E-state index contributed by atoms with van der Waals surface area (Å²) in [6, 6.07) is 0.802. The number of likely N-dealkylation sites (N-methyl/N-ethyl adjacent to an activating group) is 2. The van der Waals surface area contributed by atoms with Crippen molar-refractivity contribution in [1.82, 2.24) is 0 Å². The SMILES string of the molecule is CCCCCCCCCCCC[N+](C)(C)CC(CCC)[N+](C)(C)CCCCCCCCCCCC. The number of hydrogen-bond donors (Lipinski definition) is 0. The van der Waals surface area contributed by atoms with Crippen molar-refractivity contribution in [3.63, 3.8) is 0 Å². The molecule has 0 N–H and O–H groups in total. The Bertz CT molecular complexity index is 429. The van der Waals surface area contributed by atoms with Gasteiger partial charge < -0.3 is 8.97 Å². The van der Waals surface area contributed by atoms with Gasteiger partial charge in [-0.05, 0) is 25.7 Å². The Morgan fingerprint density at radius 2 is 0.743 bits per heavy atom. The third-order valence-corrected chi connectivity index (χ3v) is 8.52. The quantitative estimate of drug-likeness (QED) is 0.0783. The van der Waals surface area contributed by atoms with Crippen molar-refractivity contribution in [1.29, 1.82) is 0 Å². The fourth-order valence-corrected chi connectivity index (χ4v) is 5.87. The van der Waals surface area contributed by atoms with Gasteiger partial charge >= 0.3 is 0 Å². The molecule has 35 heavy (non-hydrogen) atoms. The highest BCUT2D eigenvalue weighted by atomic mass is 15.4. The average Bonchev–Trinajstić information content (AvgIpc) is 2.81. The molecule has 0 saturated carbocycles. The molecule has 0 rings (SSSR count). The van der Waals surface area contributed by atoms with Gasteiger partial charge in [0.25, 0.3) is 0 Å². The maximum Gasteiger partial charge on any atom is 0.138 e. The molecule has 0 heterocycles. The van der Waals surface area contributed by atoms with Crippen molar-refractivity contribution >= 4 is 0 Å². The fourth-order valence-electron chi connectivity index (χ4n) is 5.87. The second-order valence-electron chi connectivity index (χ2n) is 13.2. The Morgan fingerprint density at radius 1 is 0.400 bits per heavy atom. The Balaban J connectivity index is 4.09. The zero-order valence-electron chi connectivity index (χ0n) is 26.1. The van der Waals surface area contributed by atoms with Gasteiger partial charge in [0, 0.05) is 6.42 Å². The lowest BCUT2D eigenvalue weighted by Gasteiger charge is -2.42. The Hall–Kier alpha value is -0.0800. The van der Waals surface area contributed by atoms with E-state index in [1.165, 1.54) is 170 Å². The summed E-state index contributed by atoms with van der Waals surface area (Å²) in [5, 5.41) is 0. The highest BCUT2D eigenvalue weighted by Crippen LogP contribution is 2.20. The first-order valence-corrected chi connectivity index (χ1v) is 16.4. The summed E-state index contributed by atoms with van der Waals surface area (Å²) in [4.78, 5) is 0. The predicted molar refractivity (Wildman–Crippen MR) is 161 cm³/mol. The third kappa shape index (κ3) is 21.7. The minimum absolute atomic E-state index is 0.802.